The molecule has 0 bridgehead atoms. The molecule has 1 aromatic carbocycles. The normalized spacial score (nSPS) is 11.2. The number of aryl methyl sites for hydroxylation is 1. The van der Waals surface area contributed by atoms with Gasteiger partial charge in [0.05, 0.1) is 10.5 Å². The standard InChI is InChI=1S/C11H12BrClN2/c1-14-6-9-10(12)7-4-3-5-8(13)11(7)15(9)2/h3-5,14H,6H2,1-2H3. The number of aromatic nitrogens is 1. The highest BCUT2D eigenvalue weighted by Gasteiger charge is 2.13. The smallest absolute Gasteiger partial charge is 0.0681 e. The summed E-state index contributed by atoms with van der Waals surface area (Å²) in [5.41, 5.74) is 2.29. The Morgan fingerprint density at radius 3 is 2.80 bits per heavy atom. The number of hydrogen-bond acceptors (Lipinski definition) is 1. The zero-order chi connectivity index (χ0) is 11.0. The molecule has 80 valence electrons. The molecule has 4 heteroatoms. The average molecular weight is 288 g/mol. The van der Waals surface area contributed by atoms with Crippen LogP contribution in [-0.4, -0.2) is 11.6 Å². The van der Waals surface area contributed by atoms with E-state index in [0.29, 0.717) is 0 Å². The third-order valence-corrected chi connectivity index (χ3v) is 3.75. The van der Waals surface area contributed by atoms with Gasteiger partial charge in [-0.3, -0.25) is 0 Å². The lowest BCUT2D eigenvalue weighted by molar-refractivity contribution is 0.741. The minimum atomic E-state index is 0.790. The number of rotatable bonds is 2. The van der Waals surface area contributed by atoms with Gasteiger partial charge in [0.2, 0.25) is 0 Å². The summed E-state index contributed by atoms with van der Waals surface area (Å²) < 4.78 is 3.25. The zero-order valence-electron chi connectivity index (χ0n) is 8.64. The van der Waals surface area contributed by atoms with E-state index in [-0.39, 0.29) is 0 Å². The van der Waals surface area contributed by atoms with Gasteiger partial charge >= 0.3 is 0 Å². The van der Waals surface area contributed by atoms with Gasteiger partial charge in [-0.25, -0.2) is 0 Å². The summed E-state index contributed by atoms with van der Waals surface area (Å²) in [6.45, 7) is 0.822. The summed E-state index contributed by atoms with van der Waals surface area (Å²) in [5, 5.41) is 5.10. The molecular weight excluding hydrogens is 275 g/mol. The Balaban J connectivity index is 2.79. The van der Waals surface area contributed by atoms with Gasteiger partial charge in [-0.15, -0.1) is 0 Å². The maximum absolute atomic E-state index is 6.19. The summed E-state index contributed by atoms with van der Waals surface area (Å²) >= 11 is 9.80. The van der Waals surface area contributed by atoms with Crippen LogP contribution < -0.4 is 5.32 Å². The third kappa shape index (κ3) is 1.69. The highest BCUT2D eigenvalue weighted by atomic mass is 79.9. The largest absolute Gasteiger partial charge is 0.344 e. The molecule has 0 unspecified atom stereocenters. The fourth-order valence-electron chi connectivity index (χ4n) is 1.83. The fraction of sp³-hybridized carbons (Fsp3) is 0.273. The van der Waals surface area contributed by atoms with Crippen molar-refractivity contribution in [2.75, 3.05) is 7.05 Å². The van der Waals surface area contributed by atoms with Gasteiger partial charge in [0.1, 0.15) is 0 Å². The number of hydrogen-bond donors (Lipinski definition) is 1. The molecule has 0 atom stereocenters. The van der Waals surface area contributed by atoms with Crippen molar-refractivity contribution in [3.63, 3.8) is 0 Å². The minimum Gasteiger partial charge on any atom is -0.344 e. The third-order valence-electron chi connectivity index (χ3n) is 2.56. The van der Waals surface area contributed by atoms with Crippen molar-refractivity contribution in [2.45, 2.75) is 6.54 Å². The minimum absolute atomic E-state index is 0.790. The molecule has 0 spiro atoms. The second kappa shape index (κ2) is 4.16. The van der Waals surface area contributed by atoms with E-state index < -0.39 is 0 Å². The summed E-state index contributed by atoms with van der Waals surface area (Å²) in [5.74, 6) is 0. The van der Waals surface area contributed by atoms with Crippen LogP contribution >= 0.6 is 27.5 Å². The molecule has 0 radical (unpaired) electrons. The quantitative estimate of drug-likeness (QED) is 0.897. The first-order chi connectivity index (χ1) is 7.16. The van der Waals surface area contributed by atoms with E-state index in [1.165, 1.54) is 5.69 Å². The van der Waals surface area contributed by atoms with Crippen LogP contribution in [0.25, 0.3) is 10.9 Å². The first-order valence-corrected chi connectivity index (χ1v) is 5.89. The highest BCUT2D eigenvalue weighted by Crippen LogP contribution is 2.34. The van der Waals surface area contributed by atoms with Crippen molar-refractivity contribution < 1.29 is 0 Å². The lowest BCUT2D eigenvalue weighted by Gasteiger charge is -2.04. The number of halogens is 2. The second-order valence-corrected chi connectivity index (χ2v) is 4.69. The Labute approximate surface area is 102 Å². The van der Waals surface area contributed by atoms with Crippen LogP contribution in [0.4, 0.5) is 0 Å². The van der Waals surface area contributed by atoms with Gasteiger partial charge in [-0.2, -0.15) is 0 Å². The summed E-state index contributed by atoms with van der Waals surface area (Å²) in [6, 6.07) is 5.96. The van der Waals surface area contributed by atoms with E-state index in [2.05, 4.69) is 31.9 Å². The van der Waals surface area contributed by atoms with Gasteiger partial charge in [-0.05, 0) is 29.0 Å². The van der Waals surface area contributed by atoms with Crippen molar-refractivity contribution in [2.24, 2.45) is 7.05 Å². The van der Waals surface area contributed by atoms with Gasteiger partial charge in [0.25, 0.3) is 0 Å². The number of fused-ring (bicyclic) bond motifs is 1. The number of benzene rings is 1. The van der Waals surface area contributed by atoms with Crippen molar-refractivity contribution in [3.8, 4) is 0 Å². The molecule has 0 saturated carbocycles. The van der Waals surface area contributed by atoms with Gasteiger partial charge < -0.3 is 9.88 Å². The Morgan fingerprint density at radius 2 is 2.20 bits per heavy atom. The van der Waals surface area contributed by atoms with Crippen molar-refractivity contribution in [1.82, 2.24) is 9.88 Å². The van der Waals surface area contributed by atoms with Crippen LogP contribution in [-0.2, 0) is 13.6 Å². The first-order valence-electron chi connectivity index (χ1n) is 4.72. The Morgan fingerprint density at radius 1 is 1.47 bits per heavy atom. The fourth-order valence-corrected chi connectivity index (χ4v) is 2.86. The van der Waals surface area contributed by atoms with Crippen LogP contribution in [0.2, 0.25) is 5.02 Å². The Bertz CT molecular complexity index is 505. The Hall–Kier alpha value is -0.510. The van der Waals surface area contributed by atoms with Crippen LogP contribution in [0, 0.1) is 0 Å². The van der Waals surface area contributed by atoms with Gasteiger partial charge in [-0.1, -0.05) is 23.7 Å². The first kappa shape index (κ1) is 11.0. The molecule has 0 aliphatic rings. The van der Waals surface area contributed by atoms with Crippen molar-refractivity contribution >= 4 is 38.4 Å². The summed E-state index contributed by atoms with van der Waals surface area (Å²) in [7, 11) is 3.97. The van der Waals surface area contributed by atoms with E-state index in [0.717, 1.165) is 26.9 Å². The van der Waals surface area contributed by atoms with E-state index in [1.54, 1.807) is 0 Å². The molecule has 0 amide bonds. The molecular formula is C11H12BrClN2. The van der Waals surface area contributed by atoms with Crippen molar-refractivity contribution in [1.29, 1.82) is 0 Å². The predicted octanol–water partition coefficient (Wildman–Crippen LogP) is 3.31. The monoisotopic (exact) mass is 286 g/mol. The molecule has 1 aromatic heterocycles. The lowest BCUT2D eigenvalue weighted by atomic mass is 10.2. The average Bonchev–Trinajstić information content (AvgIpc) is 2.45. The van der Waals surface area contributed by atoms with Gasteiger partial charge in [0.15, 0.2) is 0 Å². The molecule has 2 aromatic rings. The zero-order valence-corrected chi connectivity index (χ0v) is 11.0. The molecule has 2 rings (SSSR count). The molecule has 0 aliphatic heterocycles. The molecule has 2 nitrogen and oxygen atoms in total. The predicted molar refractivity (Wildman–Crippen MR) is 68.4 cm³/mol. The molecule has 1 heterocycles. The lowest BCUT2D eigenvalue weighted by Crippen LogP contribution is -2.09. The molecule has 0 saturated heterocycles. The van der Waals surface area contributed by atoms with Gasteiger partial charge in [0, 0.05) is 29.1 Å². The maximum atomic E-state index is 6.19. The number of nitrogens with zero attached hydrogens (tertiary/aromatic N) is 1. The van der Waals surface area contributed by atoms with Crippen LogP contribution in [0.15, 0.2) is 22.7 Å². The topological polar surface area (TPSA) is 17.0 Å². The summed E-state index contributed by atoms with van der Waals surface area (Å²) in [4.78, 5) is 0. The highest BCUT2D eigenvalue weighted by molar-refractivity contribution is 9.10. The van der Waals surface area contributed by atoms with E-state index >= 15 is 0 Å². The molecule has 1 N–H and O–H groups in total. The SMILES string of the molecule is CNCc1c(Br)c2cccc(Cl)c2n1C. The maximum Gasteiger partial charge on any atom is 0.0681 e. The molecule has 15 heavy (non-hydrogen) atoms. The van der Waals surface area contributed by atoms with Crippen LogP contribution in [0.3, 0.4) is 0 Å². The Kier molecular flexibility index (Phi) is 3.05. The van der Waals surface area contributed by atoms with Crippen LogP contribution in [0.5, 0.6) is 0 Å². The van der Waals surface area contributed by atoms with E-state index in [9.17, 15) is 0 Å². The van der Waals surface area contributed by atoms with E-state index in [1.807, 2.05) is 26.2 Å². The molecule has 0 aliphatic carbocycles. The number of nitrogens with one attached hydrogen (secondary N) is 1. The molecule has 0 fully saturated rings. The summed E-state index contributed by atoms with van der Waals surface area (Å²) in [6.07, 6.45) is 0. The second-order valence-electron chi connectivity index (χ2n) is 3.49. The van der Waals surface area contributed by atoms with Crippen molar-refractivity contribution in [3.05, 3.63) is 33.4 Å². The van der Waals surface area contributed by atoms with E-state index in [4.69, 9.17) is 11.6 Å². The number of para-hydroxylation sites is 1. The van der Waals surface area contributed by atoms with Crippen LogP contribution in [0.1, 0.15) is 5.69 Å².